The maximum absolute atomic E-state index is 13.5. The number of alkyl halides is 3. The summed E-state index contributed by atoms with van der Waals surface area (Å²) in [5, 5.41) is 16.3. The number of aromatic nitrogens is 3. The molecule has 20 heavy (non-hydrogen) atoms. The Balaban J connectivity index is 2.31. The first-order chi connectivity index (χ1) is 9.45. The summed E-state index contributed by atoms with van der Waals surface area (Å²) < 4.78 is 33.1. The van der Waals surface area contributed by atoms with Crippen molar-refractivity contribution < 1.29 is 18.6 Å². The van der Waals surface area contributed by atoms with Crippen LogP contribution in [0.4, 0.5) is 8.78 Å². The maximum atomic E-state index is 13.5. The number of aliphatic hydroxyl groups is 1. The standard InChI is InChI=1S/C12H12BrF2N3O2/c1-20-9-4-2-8(3-5-9)6-18-11(12(13,14)15)10(7-19)16-17-18/h2-5,19H,6-7H2,1H3. The average molecular weight is 348 g/mol. The van der Waals surface area contributed by atoms with Crippen molar-refractivity contribution in [1.82, 2.24) is 15.0 Å². The molecule has 2 rings (SSSR count). The molecule has 0 aliphatic rings. The highest BCUT2D eigenvalue weighted by molar-refractivity contribution is 9.09. The molecule has 0 saturated carbocycles. The molecule has 108 valence electrons. The lowest BCUT2D eigenvalue weighted by Crippen LogP contribution is -2.16. The SMILES string of the molecule is COc1ccc(Cn2nnc(CO)c2C(F)(F)Br)cc1. The van der Waals surface area contributed by atoms with Crippen molar-refractivity contribution in [3.63, 3.8) is 0 Å². The van der Waals surface area contributed by atoms with E-state index in [0.717, 1.165) is 10.2 Å². The Kier molecular flexibility index (Phi) is 4.34. The van der Waals surface area contributed by atoms with Gasteiger partial charge in [0, 0.05) is 0 Å². The first-order valence-corrected chi connectivity index (χ1v) is 6.48. The van der Waals surface area contributed by atoms with E-state index in [9.17, 15) is 8.78 Å². The molecule has 1 aromatic heterocycles. The topological polar surface area (TPSA) is 60.2 Å². The molecule has 0 radical (unpaired) electrons. The van der Waals surface area contributed by atoms with E-state index < -0.39 is 17.1 Å². The smallest absolute Gasteiger partial charge is 0.344 e. The average Bonchev–Trinajstić information content (AvgIpc) is 2.82. The number of aliphatic hydroxyl groups excluding tert-OH is 1. The highest BCUT2D eigenvalue weighted by Gasteiger charge is 2.35. The Morgan fingerprint density at radius 2 is 2.00 bits per heavy atom. The number of nitrogens with zero attached hydrogens (tertiary/aromatic N) is 3. The second-order valence-electron chi connectivity index (χ2n) is 4.05. The fourth-order valence-corrected chi connectivity index (χ4v) is 2.21. The van der Waals surface area contributed by atoms with Crippen molar-refractivity contribution in [1.29, 1.82) is 0 Å². The summed E-state index contributed by atoms with van der Waals surface area (Å²) in [5.41, 5.74) is 0.161. The highest BCUT2D eigenvalue weighted by atomic mass is 79.9. The van der Waals surface area contributed by atoms with Crippen molar-refractivity contribution in [3.8, 4) is 5.75 Å². The van der Waals surface area contributed by atoms with E-state index in [-0.39, 0.29) is 12.2 Å². The number of hydrogen-bond acceptors (Lipinski definition) is 4. The third-order valence-corrected chi connectivity index (χ3v) is 3.09. The molecular weight excluding hydrogens is 336 g/mol. The van der Waals surface area contributed by atoms with E-state index in [1.165, 1.54) is 0 Å². The van der Waals surface area contributed by atoms with Crippen molar-refractivity contribution >= 4 is 15.9 Å². The molecule has 0 aliphatic carbocycles. The van der Waals surface area contributed by atoms with Gasteiger partial charge in [-0.3, -0.25) is 0 Å². The first kappa shape index (κ1) is 14.9. The van der Waals surface area contributed by atoms with Gasteiger partial charge < -0.3 is 9.84 Å². The van der Waals surface area contributed by atoms with E-state index >= 15 is 0 Å². The van der Waals surface area contributed by atoms with E-state index in [2.05, 4.69) is 26.2 Å². The fourth-order valence-electron chi connectivity index (χ4n) is 1.78. The van der Waals surface area contributed by atoms with Crippen LogP contribution in [0.2, 0.25) is 0 Å². The van der Waals surface area contributed by atoms with Crippen molar-refractivity contribution in [2.75, 3.05) is 7.11 Å². The van der Waals surface area contributed by atoms with Crippen LogP contribution in [0, 0.1) is 0 Å². The summed E-state index contributed by atoms with van der Waals surface area (Å²) in [5.74, 6) is 0.675. The zero-order chi connectivity index (χ0) is 14.8. The quantitative estimate of drug-likeness (QED) is 0.843. The highest BCUT2D eigenvalue weighted by Crippen LogP contribution is 2.36. The van der Waals surface area contributed by atoms with Gasteiger partial charge in [0.1, 0.15) is 17.1 Å². The van der Waals surface area contributed by atoms with Crippen LogP contribution < -0.4 is 4.74 Å². The number of halogens is 3. The summed E-state index contributed by atoms with van der Waals surface area (Å²) in [6, 6.07) is 6.95. The second kappa shape index (κ2) is 5.84. The second-order valence-corrected chi connectivity index (χ2v) is 5.04. The van der Waals surface area contributed by atoms with Gasteiger partial charge in [-0.2, -0.15) is 8.78 Å². The van der Waals surface area contributed by atoms with Crippen molar-refractivity contribution in [2.24, 2.45) is 0 Å². The molecule has 0 fully saturated rings. The Labute approximate surface area is 122 Å². The Morgan fingerprint density at radius 1 is 1.35 bits per heavy atom. The van der Waals surface area contributed by atoms with Gasteiger partial charge >= 0.3 is 4.83 Å². The number of benzene rings is 1. The van der Waals surface area contributed by atoms with Crippen molar-refractivity contribution in [2.45, 2.75) is 18.0 Å². The molecule has 0 amide bonds. The van der Waals surface area contributed by atoms with Crippen LogP contribution >= 0.6 is 15.9 Å². The summed E-state index contributed by atoms with van der Waals surface area (Å²) >= 11 is 2.28. The molecule has 0 unspecified atom stereocenters. The molecule has 0 saturated heterocycles. The van der Waals surface area contributed by atoms with Crippen LogP contribution in [-0.2, 0) is 18.0 Å². The lowest BCUT2D eigenvalue weighted by atomic mass is 10.2. The van der Waals surface area contributed by atoms with Crippen LogP contribution in [0.5, 0.6) is 5.75 Å². The molecule has 0 atom stereocenters. The molecule has 1 heterocycles. The molecule has 1 N–H and O–H groups in total. The minimum Gasteiger partial charge on any atom is -0.497 e. The Morgan fingerprint density at radius 3 is 2.50 bits per heavy atom. The van der Waals surface area contributed by atoms with Crippen LogP contribution in [0.15, 0.2) is 24.3 Å². The number of ether oxygens (including phenoxy) is 1. The largest absolute Gasteiger partial charge is 0.497 e. The van der Waals surface area contributed by atoms with Gasteiger partial charge in [-0.05, 0) is 33.6 Å². The van der Waals surface area contributed by atoms with E-state index in [0.29, 0.717) is 5.75 Å². The van der Waals surface area contributed by atoms with E-state index in [1.54, 1.807) is 31.4 Å². The van der Waals surface area contributed by atoms with Gasteiger partial charge in [0.05, 0.1) is 20.3 Å². The Bertz CT molecular complexity index is 581. The normalized spacial score (nSPS) is 11.7. The molecule has 2 aromatic rings. The monoisotopic (exact) mass is 347 g/mol. The minimum absolute atomic E-state index is 0.119. The molecule has 0 spiro atoms. The van der Waals surface area contributed by atoms with Crippen molar-refractivity contribution in [3.05, 3.63) is 41.2 Å². The lowest BCUT2D eigenvalue weighted by molar-refractivity contribution is 0.1000. The van der Waals surface area contributed by atoms with Crippen LogP contribution in [-0.4, -0.2) is 27.2 Å². The molecule has 0 aliphatic heterocycles. The fraction of sp³-hybridized carbons (Fsp3) is 0.333. The molecule has 0 bridgehead atoms. The third-order valence-electron chi connectivity index (χ3n) is 2.71. The maximum Gasteiger partial charge on any atom is 0.344 e. The molecule has 8 heteroatoms. The zero-order valence-electron chi connectivity index (χ0n) is 10.6. The van der Waals surface area contributed by atoms with Gasteiger partial charge in [0.15, 0.2) is 0 Å². The van der Waals surface area contributed by atoms with Crippen LogP contribution in [0.3, 0.4) is 0 Å². The van der Waals surface area contributed by atoms with Crippen LogP contribution in [0.25, 0.3) is 0 Å². The number of hydrogen-bond donors (Lipinski definition) is 1. The summed E-state index contributed by atoms with van der Waals surface area (Å²) in [6.45, 7) is -0.480. The Hall–Kier alpha value is -1.54. The molecule has 5 nitrogen and oxygen atoms in total. The first-order valence-electron chi connectivity index (χ1n) is 5.69. The minimum atomic E-state index is -3.30. The third kappa shape index (κ3) is 3.13. The predicted octanol–water partition coefficient (Wildman–Crippen LogP) is 2.27. The van der Waals surface area contributed by atoms with Gasteiger partial charge in [0.25, 0.3) is 0 Å². The molecule has 1 aromatic carbocycles. The lowest BCUT2D eigenvalue weighted by Gasteiger charge is -2.12. The van der Waals surface area contributed by atoms with E-state index in [4.69, 9.17) is 9.84 Å². The molecular formula is C12H12BrF2N3O2. The van der Waals surface area contributed by atoms with Gasteiger partial charge in [-0.15, -0.1) is 5.10 Å². The summed E-state index contributed by atoms with van der Waals surface area (Å²) in [7, 11) is 1.55. The zero-order valence-corrected chi connectivity index (χ0v) is 12.1. The van der Waals surface area contributed by atoms with Gasteiger partial charge in [-0.25, -0.2) is 4.68 Å². The van der Waals surface area contributed by atoms with E-state index in [1.807, 2.05) is 0 Å². The van der Waals surface area contributed by atoms with Crippen LogP contribution in [0.1, 0.15) is 17.0 Å². The summed E-state index contributed by atoms with van der Waals surface area (Å²) in [6.07, 6.45) is 0. The predicted molar refractivity (Wildman–Crippen MR) is 70.9 cm³/mol. The number of methoxy groups -OCH3 is 1. The summed E-state index contributed by atoms with van der Waals surface area (Å²) in [4.78, 5) is -3.30. The van der Waals surface area contributed by atoms with Gasteiger partial charge in [-0.1, -0.05) is 17.3 Å². The van der Waals surface area contributed by atoms with Gasteiger partial charge in [0.2, 0.25) is 0 Å². The number of rotatable bonds is 5.